The number of nitrogens with one attached hydrogen (secondary N) is 1. The lowest BCUT2D eigenvalue weighted by Gasteiger charge is -2.34. The molecule has 0 aliphatic heterocycles. The third-order valence-electron chi connectivity index (χ3n) is 3.86. The van der Waals surface area contributed by atoms with Gasteiger partial charge in [-0.3, -0.25) is 9.58 Å². The van der Waals surface area contributed by atoms with Crippen LogP contribution in [0.4, 0.5) is 5.82 Å². The fourth-order valence-electron chi connectivity index (χ4n) is 2.43. The van der Waals surface area contributed by atoms with Crippen molar-refractivity contribution in [2.75, 3.05) is 12.5 Å². The third kappa shape index (κ3) is 2.15. The van der Waals surface area contributed by atoms with E-state index in [1.807, 2.05) is 7.05 Å². The molecule has 1 aliphatic rings. The number of nitrogens with zero attached hydrogens (tertiary/aromatic N) is 5. The van der Waals surface area contributed by atoms with Gasteiger partial charge in [-0.05, 0) is 19.9 Å². The Morgan fingerprint density at radius 3 is 2.89 bits per heavy atom. The number of nitrogens with two attached hydrogens (primary N) is 1. The molecule has 2 heterocycles. The van der Waals surface area contributed by atoms with E-state index >= 15 is 0 Å². The van der Waals surface area contributed by atoms with Crippen molar-refractivity contribution in [2.24, 2.45) is 12.9 Å². The summed E-state index contributed by atoms with van der Waals surface area (Å²) >= 11 is 0. The van der Waals surface area contributed by atoms with Crippen LogP contribution < -0.4 is 11.3 Å². The molecule has 0 bridgehead atoms. The first kappa shape index (κ1) is 12.3. The van der Waals surface area contributed by atoms with Crippen LogP contribution in [0.3, 0.4) is 0 Å². The van der Waals surface area contributed by atoms with Crippen LogP contribution in [-0.2, 0) is 13.6 Å². The van der Waals surface area contributed by atoms with E-state index in [4.69, 9.17) is 5.84 Å². The molecular formula is C12H19N7. The first-order chi connectivity index (χ1) is 9.19. The number of fused-ring (bicyclic) bond motifs is 1. The monoisotopic (exact) mass is 261 g/mol. The lowest BCUT2D eigenvalue weighted by Crippen LogP contribution is -2.37. The Morgan fingerprint density at radius 1 is 1.47 bits per heavy atom. The summed E-state index contributed by atoms with van der Waals surface area (Å²) in [6, 6.07) is 0.667. The number of anilines is 1. The lowest BCUT2D eigenvalue weighted by atomic mass is 9.92. The van der Waals surface area contributed by atoms with Crippen LogP contribution in [0.15, 0.2) is 6.20 Å². The van der Waals surface area contributed by atoms with E-state index in [1.54, 1.807) is 10.9 Å². The van der Waals surface area contributed by atoms with Gasteiger partial charge < -0.3 is 5.43 Å². The molecule has 102 valence electrons. The van der Waals surface area contributed by atoms with E-state index < -0.39 is 0 Å². The second kappa shape index (κ2) is 4.75. The summed E-state index contributed by atoms with van der Waals surface area (Å²) in [5.74, 6) is 6.94. The minimum absolute atomic E-state index is 0.634. The number of hydrogen-bond acceptors (Lipinski definition) is 6. The third-order valence-corrected chi connectivity index (χ3v) is 3.86. The average Bonchev–Trinajstić information content (AvgIpc) is 2.68. The molecule has 2 aromatic heterocycles. The zero-order chi connectivity index (χ0) is 13.4. The Morgan fingerprint density at radius 2 is 2.26 bits per heavy atom. The van der Waals surface area contributed by atoms with E-state index in [-0.39, 0.29) is 0 Å². The Bertz CT molecular complexity index is 587. The van der Waals surface area contributed by atoms with Crippen LogP contribution in [0, 0.1) is 0 Å². The van der Waals surface area contributed by atoms with Crippen molar-refractivity contribution in [3.8, 4) is 0 Å². The maximum atomic E-state index is 5.53. The Kier molecular flexibility index (Phi) is 3.08. The molecule has 0 spiro atoms. The maximum absolute atomic E-state index is 5.53. The molecule has 7 nitrogen and oxygen atoms in total. The first-order valence-corrected chi connectivity index (χ1v) is 6.54. The van der Waals surface area contributed by atoms with Crippen molar-refractivity contribution >= 4 is 16.9 Å². The van der Waals surface area contributed by atoms with Gasteiger partial charge in [0, 0.05) is 13.1 Å². The minimum Gasteiger partial charge on any atom is -0.308 e. The molecule has 1 fully saturated rings. The molecule has 0 atom stereocenters. The van der Waals surface area contributed by atoms with Gasteiger partial charge >= 0.3 is 0 Å². The van der Waals surface area contributed by atoms with Crippen LogP contribution in [0.5, 0.6) is 0 Å². The molecule has 1 aliphatic carbocycles. The molecule has 0 unspecified atom stereocenters. The van der Waals surface area contributed by atoms with Gasteiger partial charge in [-0.2, -0.15) is 5.10 Å². The summed E-state index contributed by atoms with van der Waals surface area (Å²) in [4.78, 5) is 11.4. The number of nitrogen functional groups attached to an aromatic ring is 1. The summed E-state index contributed by atoms with van der Waals surface area (Å²) in [5, 5.41) is 5.04. The van der Waals surface area contributed by atoms with Gasteiger partial charge in [0.1, 0.15) is 5.82 Å². The second-order valence-electron chi connectivity index (χ2n) is 5.14. The van der Waals surface area contributed by atoms with Crippen LogP contribution in [0.25, 0.3) is 11.0 Å². The molecule has 0 amide bonds. The fraction of sp³-hybridized carbons (Fsp3) is 0.583. The predicted molar refractivity (Wildman–Crippen MR) is 73.2 cm³/mol. The van der Waals surface area contributed by atoms with Crippen molar-refractivity contribution in [2.45, 2.75) is 31.8 Å². The van der Waals surface area contributed by atoms with Gasteiger partial charge in [-0.1, -0.05) is 6.42 Å². The number of rotatable bonds is 4. The highest BCUT2D eigenvalue weighted by Crippen LogP contribution is 2.25. The van der Waals surface area contributed by atoms with Gasteiger partial charge in [0.05, 0.1) is 18.1 Å². The summed E-state index contributed by atoms with van der Waals surface area (Å²) in [7, 11) is 3.99. The molecular weight excluding hydrogens is 242 g/mol. The summed E-state index contributed by atoms with van der Waals surface area (Å²) in [6.45, 7) is 0.737. The highest BCUT2D eigenvalue weighted by Gasteiger charge is 2.23. The quantitative estimate of drug-likeness (QED) is 0.620. The molecule has 7 heteroatoms. The largest absolute Gasteiger partial charge is 0.308 e. The van der Waals surface area contributed by atoms with Gasteiger partial charge in [-0.15, -0.1) is 0 Å². The molecule has 0 aromatic carbocycles. The Labute approximate surface area is 111 Å². The molecule has 19 heavy (non-hydrogen) atoms. The van der Waals surface area contributed by atoms with E-state index in [0.29, 0.717) is 11.9 Å². The molecule has 3 rings (SSSR count). The van der Waals surface area contributed by atoms with Crippen LogP contribution in [0.2, 0.25) is 0 Å². The Balaban J connectivity index is 1.92. The van der Waals surface area contributed by atoms with E-state index in [0.717, 1.165) is 23.4 Å². The van der Waals surface area contributed by atoms with Crippen molar-refractivity contribution in [1.29, 1.82) is 0 Å². The molecule has 1 saturated carbocycles. The van der Waals surface area contributed by atoms with Gasteiger partial charge in [0.15, 0.2) is 11.5 Å². The molecule has 0 saturated heterocycles. The number of hydrazine groups is 1. The van der Waals surface area contributed by atoms with Gasteiger partial charge in [0.25, 0.3) is 0 Å². The van der Waals surface area contributed by atoms with Crippen molar-refractivity contribution in [3.63, 3.8) is 0 Å². The van der Waals surface area contributed by atoms with Crippen molar-refractivity contribution in [3.05, 3.63) is 12.0 Å². The number of aryl methyl sites for hydroxylation is 1. The lowest BCUT2D eigenvalue weighted by molar-refractivity contribution is 0.149. The van der Waals surface area contributed by atoms with Crippen LogP contribution in [-0.4, -0.2) is 37.7 Å². The predicted octanol–water partition coefficient (Wildman–Crippen LogP) is 0.633. The van der Waals surface area contributed by atoms with E-state index in [1.165, 1.54) is 19.3 Å². The SMILES string of the molecule is CN(Cc1nc(NN)c2cnn(C)c2n1)C1CCC1. The van der Waals surface area contributed by atoms with E-state index in [9.17, 15) is 0 Å². The smallest absolute Gasteiger partial charge is 0.163 e. The Hall–Kier alpha value is -1.73. The normalized spacial score (nSPS) is 16.0. The summed E-state index contributed by atoms with van der Waals surface area (Å²) < 4.78 is 1.74. The van der Waals surface area contributed by atoms with Crippen molar-refractivity contribution < 1.29 is 0 Å². The zero-order valence-corrected chi connectivity index (χ0v) is 11.3. The topological polar surface area (TPSA) is 84.9 Å². The standard InChI is InChI=1S/C12H19N7/c1-18(8-4-3-5-8)7-10-15-11(17-13)9-6-14-19(2)12(9)16-10/h6,8H,3-5,7,13H2,1-2H3,(H,15,16,17). The minimum atomic E-state index is 0.634. The number of aromatic nitrogens is 4. The summed E-state index contributed by atoms with van der Waals surface area (Å²) in [5.41, 5.74) is 3.44. The van der Waals surface area contributed by atoms with Crippen LogP contribution >= 0.6 is 0 Å². The molecule has 2 aromatic rings. The number of hydrogen-bond donors (Lipinski definition) is 2. The average molecular weight is 261 g/mol. The highest BCUT2D eigenvalue weighted by molar-refractivity contribution is 5.86. The van der Waals surface area contributed by atoms with E-state index in [2.05, 4.69) is 32.4 Å². The zero-order valence-electron chi connectivity index (χ0n) is 11.3. The van der Waals surface area contributed by atoms with Gasteiger partial charge in [0.2, 0.25) is 0 Å². The maximum Gasteiger partial charge on any atom is 0.163 e. The summed E-state index contributed by atoms with van der Waals surface area (Å²) in [6.07, 6.45) is 5.59. The van der Waals surface area contributed by atoms with Gasteiger partial charge in [-0.25, -0.2) is 15.8 Å². The van der Waals surface area contributed by atoms with Crippen molar-refractivity contribution in [1.82, 2.24) is 24.6 Å². The fourth-order valence-corrected chi connectivity index (χ4v) is 2.43. The second-order valence-corrected chi connectivity index (χ2v) is 5.14. The van der Waals surface area contributed by atoms with Crippen LogP contribution in [0.1, 0.15) is 25.1 Å². The molecule has 0 radical (unpaired) electrons. The highest BCUT2D eigenvalue weighted by atomic mass is 15.3. The molecule has 3 N–H and O–H groups in total. The first-order valence-electron chi connectivity index (χ1n) is 6.54.